The lowest BCUT2D eigenvalue weighted by molar-refractivity contribution is -0.115. The number of Topliss-reactive ketones (excluding diaryl/α,β-unsaturated/α-hetero) is 1. The number of halogens is 1. The Bertz CT molecular complexity index is 2310. The SMILES string of the molecule is COc1cc2nc(CCn3c(=O)n4n(c3=O)C3CC5=C(C(=O)C(I)=CC5=O)C(c5ccc(CO)o5)C3=CC4)c(=O)n(C)c2cc1OC. The maximum absolute atomic E-state index is 14.0. The van der Waals surface area contributed by atoms with E-state index in [9.17, 15) is 29.1 Å². The highest BCUT2D eigenvalue weighted by atomic mass is 127. The molecule has 2 unspecified atom stereocenters. The van der Waals surface area contributed by atoms with Crippen molar-refractivity contribution in [2.75, 3.05) is 14.2 Å². The van der Waals surface area contributed by atoms with Crippen LogP contribution in [0.25, 0.3) is 11.0 Å². The van der Waals surface area contributed by atoms with Crippen molar-refractivity contribution in [2.24, 2.45) is 7.05 Å². The van der Waals surface area contributed by atoms with Crippen LogP contribution in [0.1, 0.15) is 35.6 Å². The summed E-state index contributed by atoms with van der Waals surface area (Å²) < 4.78 is 22.0. The third kappa shape index (κ3) is 4.70. The molecule has 14 nitrogen and oxygen atoms in total. The molecule has 3 aromatic heterocycles. The number of carbonyl (C=O) groups is 2. The maximum Gasteiger partial charge on any atom is 0.347 e. The van der Waals surface area contributed by atoms with E-state index in [0.717, 1.165) is 4.57 Å². The number of aliphatic hydroxyl groups excluding tert-OH is 1. The summed E-state index contributed by atoms with van der Waals surface area (Å²) in [6, 6.07) is 5.79. The molecule has 0 amide bonds. The van der Waals surface area contributed by atoms with Gasteiger partial charge in [0.25, 0.3) is 5.56 Å². The molecular formula is C32H28IN5O9. The lowest BCUT2D eigenvalue weighted by Crippen LogP contribution is -2.40. The predicted molar refractivity (Wildman–Crippen MR) is 175 cm³/mol. The van der Waals surface area contributed by atoms with Crippen LogP contribution in [0.4, 0.5) is 0 Å². The van der Waals surface area contributed by atoms with Crippen molar-refractivity contribution in [3.05, 3.63) is 105 Å². The molecule has 242 valence electrons. The van der Waals surface area contributed by atoms with E-state index in [2.05, 4.69) is 4.98 Å². The molecule has 0 saturated carbocycles. The number of methoxy groups -OCH3 is 2. The average Bonchev–Trinajstić information content (AvgIpc) is 3.65. The van der Waals surface area contributed by atoms with E-state index in [1.165, 1.54) is 34.2 Å². The largest absolute Gasteiger partial charge is 0.493 e. The van der Waals surface area contributed by atoms with Gasteiger partial charge in [0.1, 0.15) is 23.8 Å². The third-order valence-electron chi connectivity index (χ3n) is 9.02. The van der Waals surface area contributed by atoms with Gasteiger partial charge in [0.15, 0.2) is 23.1 Å². The molecule has 0 radical (unpaired) electrons. The molecule has 0 bridgehead atoms. The number of ether oxygens (including phenoxy) is 2. The van der Waals surface area contributed by atoms with Crippen LogP contribution in [0.3, 0.4) is 0 Å². The second-order valence-electron chi connectivity index (χ2n) is 11.4. The van der Waals surface area contributed by atoms with E-state index in [4.69, 9.17) is 13.9 Å². The maximum atomic E-state index is 14.0. The predicted octanol–water partition coefficient (Wildman–Crippen LogP) is 1.84. The molecule has 2 aliphatic carbocycles. The zero-order chi connectivity index (χ0) is 33.3. The van der Waals surface area contributed by atoms with Crippen LogP contribution in [-0.4, -0.2) is 54.4 Å². The Balaban J connectivity index is 1.28. The van der Waals surface area contributed by atoms with Crippen LogP contribution >= 0.6 is 22.6 Å². The summed E-state index contributed by atoms with van der Waals surface area (Å²) in [5.74, 6) is 0.0619. The molecule has 1 aliphatic heterocycles. The number of aryl methyl sites for hydroxylation is 2. The number of aliphatic hydroxyl groups is 1. The second kappa shape index (κ2) is 11.5. The van der Waals surface area contributed by atoms with Crippen LogP contribution < -0.4 is 26.4 Å². The molecule has 2 atom stereocenters. The molecule has 0 saturated heterocycles. The number of ketones is 2. The summed E-state index contributed by atoms with van der Waals surface area (Å²) in [5, 5.41) is 9.64. The first kappa shape index (κ1) is 30.9. The topological polar surface area (TPSA) is 170 Å². The molecule has 15 heteroatoms. The van der Waals surface area contributed by atoms with Crippen LogP contribution in [0.2, 0.25) is 0 Å². The molecule has 4 heterocycles. The number of hydrogen-bond acceptors (Lipinski definition) is 10. The zero-order valence-corrected chi connectivity index (χ0v) is 27.6. The fraction of sp³-hybridized carbons (Fsp3) is 0.312. The minimum atomic E-state index is -0.793. The molecule has 1 aromatic carbocycles. The fourth-order valence-electron chi connectivity index (χ4n) is 6.76. The number of hydrogen-bond donors (Lipinski definition) is 1. The summed E-state index contributed by atoms with van der Waals surface area (Å²) in [6.45, 7) is -0.446. The Morgan fingerprint density at radius 2 is 1.81 bits per heavy atom. The summed E-state index contributed by atoms with van der Waals surface area (Å²) in [4.78, 5) is 72.1. The fourth-order valence-corrected chi connectivity index (χ4v) is 7.33. The van der Waals surface area contributed by atoms with Crippen LogP contribution in [-0.2, 0) is 42.8 Å². The van der Waals surface area contributed by atoms with Gasteiger partial charge in [-0.2, -0.15) is 0 Å². The highest BCUT2D eigenvalue weighted by Crippen LogP contribution is 2.50. The van der Waals surface area contributed by atoms with Crippen molar-refractivity contribution in [3.8, 4) is 11.5 Å². The van der Waals surface area contributed by atoms with E-state index < -0.39 is 23.3 Å². The highest BCUT2D eigenvalue weighted by Gasteiger charge is 2.46. The van der Waals surface area contributed by atoms with Gasteiger partial charge in [-0.1, -0.05) is 6.08 Å². The van der Waals surface area contributed by atoms with Crippen molar-refractivity contribution in [1.29, 1.82) is 0 Å². The molecule has 4 aromatic rings. The Labute approximate surface area is 278 Å². The lowest BCUT2D eigenvalue weighted by Gasteiger charge is -2.38. The Morgan fingerprint density at radius 3 is 2.51 bits per heavy atom. The van der Waals surface area contributed by atoms with Crippen LogP contribution in [0, 0.1) is 0 Å². The van der Waals surface area contributed by atoms with Gasteiger partial charge in [0.05, 0.1) is 47.3 Å². The van der Waals surface area contributed by atoms with Crippen LogP contribution in [0.5, 0.6) is 11.5 Å². The number of nitrogens with zero attached hydrogens (tertiary/aromatic N) is 5. The van der Waals surface area contributed by atoms with Gasteiger partial charge >= 0.3 is 11.4 Å². The Morgan fingerprint density at radius 1 is 1.06 bits per heavy atom. The summed E-state index contributed by atoms with van der Waals surface area (Å²) in [5.41, 5.74) is 0.746. The first-order chi connectivity index (χ1) is 22.6. The summed E-state index contributed by atoms with van der Waals surface area (Å²) >= 11 is 1.84. The molecule has 1 N–H and O–H groups in total. The smallest absolute Gasteiger partial charge is 0.347 e. The van der Waals surface area contributed by atoms with E-state index in [1.54, 1.807) is 37.4 Å². The van der Waals surface area contributed by atoms with Crippen molar-refractivity contribution >= 4 is 45.2 Å². The highest BCUT2D eigenvalue weighted by molar-refractivity contribution is 14.1. The minimum absolute atomic E-state index is 0.00839. The average molecular weight is 754 g/mol. The van der Waals surface area contributed by atoms with Gasteiger partial charge < -0.3 is 23.6 Å². The van der Waals surface area contributed by atoms with Crippen molar-refractivity contribution in [3.63, 3.8) is 0 Å². The van der Waals surface area contributed by atoms with E-state index in [0.29, 0.717) is 33.9 Å². The summed E-state index contributed by atoms with van der Waals surface area (Å²) in [7, 11) is 4.59. The Kier molecular flexibility index (Phi) is 7.54. The normalized spacial score (nSPS) is 18.9. The lowest BCUT2D eigenvalue weighted by atomic mass is 9.70. The Hall–Kier alpha value is -4.77. The van der Waals surface area contributed by atoms with Gasteiger partial charge in [-0.25, -0.2) is 28.5 Å². The third-order valence-corrected chi connectivity index (χ3v) is 9.83. The zero-order valence-electron chi connectivity index (χ0n) is 25.5. The first-order valence-electron chi connectivity index (χ1n) is 14.7. The molecule has 7 rings (SSSR count). The molecule has 47 heavy (non-hydrogen) atoms. The van der Waals surface area contributed by atoms with Gasteiger partial charge in [0.2, 0.25) is 0 Å². The van der Waals surface area contributed by atoms with Gasteiger partial charge in [0, 0.05) is 55.8 Å². The minimum Gasteiger partial charge on any atom is -0.493 e. The second-order valence-corrected chi connectivity index (χ2v) is 12.6. The van der Waals surface area contributed by atoms with E-state index >= 15 is 0 Å². The van der Waals surface area contributed by atoms with Crippen molar-refractivity contribution in [1.82, 2.24) is 23.5 Å². The van der Waals surface area contributed by atoms with E-state index in [1.807, 2.05) is 22.6 Å². The monoisotopic (exact) mass is 753 g/mol. The number of furan rings is 1. The van der Waals surface area contributed by atoms with Gasteiger partial charge in [-0.15, -0.1) is 0 Å². The summed E-state index contributed by atoms with van der Waals surface area (Å²) in [6.07, 6.45) is 3.08. The number of fused-ring (bicyclic) bond motifs is 4. The number of aromatic nitrogens is 5. The molecule has 0 fully saturated rings. The number of allylic oxidation sites excluding steroid dienone is 6. The van der Waals surface area contributed by atoms with Crippen molar-refractivity contribution < 1.29 is 28.6 Å². The molecule has 0 spiro atoms. The van der Waals surface area contributed by atoms with Crippen LogP contribution in [0.15, 0.2) is 75.5 Å². The van der Waals surface area contributed by atoms with Gasteiger partial charge in [-0.05, 0) is 40.3 Å². The number of carbonyl (C=O) groups excluding carboxylic acids is 2. The standard InChI is InChI=1S/C32H28IN5O9/c1-35-22-13-26(46-3)25(45-2)12-20(22)34-19(30(35)42)7-8-36-31(43)37-9-6-16-21(38(37)32(36)44)10-17-23(40)11-18(33)29(41)28(17)27(16)24-5-4-15(14-39)47-24/h4-6,11-13,21,27,39H,7-10,14H2,1-3H3. The molecular weight excluding hydrogens is 725 g/mol. The van der Waals surface area contributed by atoms with E-state index in [-0.39, 0.29) is 75.8 Å². The quantitative estimate of drug-likeness (QED) is 0.167. The first-order valence-corrected chi connectivity index (χ1v) is 15.8. The number of rotatable bonds is 7. The molecule has 3 aliphatic rings. The van der Waals surface area contributed by atoms with Gasteiger partial charge in [-0.3, -0.25) is 14.4 Å². The van der Waals surface area contributed by atoms with Crippen molar-refractivity contribution in [2.45, 2.75) is 44.5 Å². The number of benzene rings is 1.